The fourth-order valence-corrected chi connectivity index (χ4v) is 4.99. The zero-order valence-electron chi connectivity index (χ0n) is 15.4. The van der Waals surface area contributed by atoms with E-state index in [2.05, 4.69) is 20.9 Å². The molecular formula is C20H17BrClNO4S. The van der Waals surface area contributed by atoms with Crippen LogP contribution >= 0.6 is 27.5 Å². The third-order valence-electron chi connectivity index (χ3n) is 4.33. The third-order valence-corrected chi connectivity index (χ3v) is 6.64. The molecule has 0 spiro atoms. The smallest absolute Gasteiger partial charge is 0.202 e. The van der Waals surface area contributed by atoms with Gasteiger partial charge in [-0.15, -0.1) is 0 Å². The Morgan fingerprint density at radius 3 is 2.64 bits per heavy atom. The van der Waals surface area contributed by atoms with E-state index in [-0.39, 0.29) is 26.8 Å². The molecule has 0 aliphatic heterocycles. The van der Waals surface area contributed by atoms with Crippen LogP contribution in [0.15, 0.2) is 44.6 Å². The van der Waals surface area contributed by atoms with E-state index in [1.54, 1.807) is 19.2 Å². The molecule has 0 aliphatic rings. The van der Waals surface area contributed by atoms with Crippen LogP contribution in [0, 0.1) is 6.92 Å². The predicted molar refractivity (Wildman–Crippen MR) is 115 cm³/mol. The van der Waals surface area contributed by atoms with Crippen molar-refractivity contribution in [2.75, 3.05) is 7.11 Å². The molecule has 3 rings (SSSR count). The van der Waals surface area contributed by atoms with Gasteiger partial charge in [-0.25, -0.2) is 0 Å². The molecule has 1 N–H and O–H groups in total. The van der Waals surface area contributed by atoms with Crippen molar-refractivity contribution in [2.45, 2.75) is 24.6 Å². The maximum Gasteiger partial charge on any atom is 0.202 e. The highest BCUT2D eigenvalue weighted by atomic mass is 79.9. The van der Waals surface area contributed by atoms with Crippen molar-refractivity contribution in [3.63, 3.8) is 0 Å². The van der Waals surface area contributed by atoms with Crippen molar-refractivity contribution >= 4 is 55.0 Å². The minimum Gasteiger partial charge on any atom is -0.496 e. The Kier molecular flexibility index (Phi) is 6.07. The van der Waals surface area contributed by atoms with Crippen LogP contribution in [-0.2, 0) is 16.6 Å². The van der Waals surface area contributed by atoms with E-state index in [0.29, 0.717) is 21.3 Å². The highest BCUT2D eigenvalue weighted by molar-refractivity contribution is 9.10. The minimum atomic E-state index is -1.69. The molecule has 0 amide bonds. The molecule has 0 saturated carbocycles. The number of carbonyl (C=O) groups is 1. The molecule has 2 aromatic carbocycles. The number of H-pyrrole nitrogens is 1. The van der Waals surface area contributed by atoms with Crippen LogP contribution < -0.4 is 10.2 Å². The highest BCUT2D eigenvalue weighted by Gasteiger charge is 2.23. The molecule has 8 heteroatoms. The molecule has 5 nitrogen and oxygen atoms in total. The molecule has 146 valence electrons. The number of carbonyl (C=O) groups excluding carboxylic acids is 1. The molecule has 0 aliphatic carbocycles. The monoisotopic (exact) mass is 481 g/mol. The van der Waals surface area contributed by atoms with Gasteiger partial charge in [0.05, 0.1) is 45.2 Å². The number of Topliss-reactive ketones (excluding diaryl/α,β-unsaturated/α-hetero) is 1. The standard InChI is InChI=1S/C20H17BrClNO4S/c1-10-4-5-12(15(8-10)27-3)9-28(26)20-16(11(2)24)19(25)17-14(22)7-6-13(21)18(17)23-20/h4-8H,9H2,1-3H3,(H,23,25). The van der Waals surface area contributed by atoms with E-state index in [1.165, 1.54) is 6.92 Å². The zero-order chi connectivity index (χ0) is 20.6. The van der Waals surface area contributed by atoms with E-state index in [1.807, 2.05) is 25.1 Å². The van der Waals surface area contributed by atoms with E-state index in [4.69, 9.17) is 16.3 Å². The van der Waals surface area contributed by atoms with Gasteiger partial charge in [-0.2, -0.15) is 0 Å². The first-order valence-corrected chi connectivity index (χ1v) is 10.8. The minimum absolute atomic E-state index is 0.0793. The number of hydrogen-bond acceptors (Lipinski definition) is 4. The molecule has 0 bridgehead atoms. The van der Waals surface area contributed by atoms with Gasteiger partial charge in [0.15, 0.2) is 5.78 Å². The molecule has 0 saturated heterocycles. The van der Waals surface area contributed by atoms with Gasteiger partial charge in [-0.3, -0.25) is 13.8 Å². The SMILES string of the molecule is COc1cc(C)ccc1CS(=O)c1[nH]c2c(Br)ccc(Cl)c2c(=O)c1C(C)=O. The van der Waals surface area contributed by atoms with E-state index in [9.17, 15) is 13.8 Å². The molecule has 0 radical (unpaired) electrons. The number of aromatic nitrogens is 1. The number of aromatic amines is 1. The van der Waals surface area contributed by atoms with Crippen molar-refractivity contribution in [1.29, 1.82) is 0 Å². The first-order chi connectivity index (χ1) is 13.2. The molecule has 1 heterocycles. The van der Waals surface area contributed by atoms with Crippen molar-refractivity contribution in [2.24, 2.45) is 0 Å². The third kappa shape index (κ3) is 3.79. The number of ether oxygens (including phenoxy) is 1. The second-order valence-electron chi connectivity index (χ2n) is 6.30. The number of pyridine rings is 1. The predicted octanol–water partition coefficient (Wildman–Crippen LogP) is 4.77. The van der Waals surface area contributed by atoms with Gasteiger partial charge >= 0.3 is 0 Å². The Labute approximate surface area is 177 Å². The number of halogens is 2. The van der Waals surface area contributed by atoms with E-state index in [0.717, 1.165) is 5.56 Å². The van der Waals surface area contributed by atoms with E-state index >= 15 is 0 Å². The van der Waals surface area contributed by atoms with Gasteiger partial charge in [0.2, 0.25) is 5.43 Å². The van der Waals surface area contributed by atoms with Gasteiger partial charge in [0.1, 0.15) is 10.8 Å². The first-order valence-electron chi connectivity index (χ1n) is 8.31. The van der Waals surface area contributed by atoms with Crippen LogP contribution in [0.2, 0.25) is 5.02 Å². The lowest BCUT2D eigenvalue weighted by Gasteiger charge is -2.13. The summed E-state index contributed by atoms with van der Waals surface area (Å²) in [6, 6.07) is 8.81. The Morgan fingerprint density at radius 2 is 2.00 bits per heavy atom. The fourth-order valence-electron chi connectivity index (χ4n) is 2.98. The summed E-state index contributed by atoms with van der Waals surface area (Å²) in [6.07, 6.45) is 0. The summed E-state index contributed by atoms with van der Waals surface area (Å²) in [5.41, 5.74) is 1.45. The molecule has 1 unspecified atom stereocenters. The van der Waals surface area contributed by atoms with Crippen LogP contribution in [0.1, 0.15) is 28.4 Å². The van der Waals surface area contributed by atoms with Gasteiger partial charge < -0.3 is 9.72 Å². The number of rotatable bonds is 5. The number of fused-ring (bicyclic) bond motifs is 1. The van der Waals surface area contributed by atoms with Crippen LogP contribution in [0.4, 0.5) is 0 Å². The average Bonchev–Trinajstić information content (AvgIpc) is 2.65. The number of nitrogens with one attached hydrogen (secondary N) is 1. The molecule has 0 fully saturated rings. The van der Waals surface area contributed by atoms with Gasteiger partial charge in [-0.05, 0) is 53.5 Å². The summed E-state index contributed by atoms with van der Waals surface area (Å²) in [4.78, 5) is 28.2. The highest BCUT2D eigenvalue weighted by Crippen LogP contribution is 2.29. The lowest BCUT2D eigenvalue weighted by atomic mass is 10.1. The van der Waals surface area contributed by atoms with Crippen molar-refractivity contribution in [3.8, 4) is 5.75 Å². The van der Waals surface area contributed by atoms with E-state index < -0.39 is 22.0 Å². The summed E-state index contributed by atoms with van der Waals surface area (Å²) in [5.74, 6) is 0.215. The van der Waals surface area contributed by atoms with Gasteiger partial charge in [-0.1, -0.05) is 23.7 Å². The van der Waals surface area contributed by atoms with Crippen LogP contribution in [0.25, 0.3) is 10.9 Å². The summed E-state index contributed by atoms with van der Waals surface area (Å²) in [5, 5.41) is 0.491. The summed E-state index contributed by atoms with van der Waals surface area (Å²) < 4.78 is 19.1. The van der Waals surface area contributed by atoms with Crippen molar-refractivity contribution in [3.05, 3.63) is 66.7 Å². The van der Waals surface area contributed by atoms with Gasteiger partial charge in [0, 0.05) is 10.0 Å². The first kappa shape index (κ1) is 20.8. The topological polar surface area (TPSA) is 76.2 Å². The Hall–Kier alpha value is -1.96. The lowest BCUT2D eigenvalue weighted by Crippen LogP contribution is -2.20. The quantitative estimate of drug-likeness (QED) is 0.531. The second-order valence-corrected chi connectivity index (χ2v) is 8.95. The van der Waals surface area contributed by atoms with Crippen LogP contribution in [0.3, 0.4) is 0 Å². The summed E-state index contributed by atoms with van der Waals surface area (Å²) >= 11 is 9.56. The van der Waals surface area contributed by atoms with Crippen molar-refractivity contribution < 1.29 is 13.7 Å². The molecule has 28 heavy (non-hydrogen) atoms. The zero-order valence-corrected chi connectivity index (χ0v) is 18.5. The number of ketones is 1. The lowest BCUT2D eigenvalue weighted by molar-refractivity contribution is 0.101. The van der Waals surface area contributed by atoms with Gasteiger partial charge in [0.25, 0.3) is 0 Å². The Morgan fingerprint density at radius 1 is 1.29 bits per heavy atom. The number of benzene rings is 2. The maximum absolute atomic E-state index is 13.2. The summed E-state index contributed by atoms with van der Waals surface area (Å²) in [6.45, 7) is 3.20. The maximum atomic E-state index is 13.2. The second kappa shape index (κ2) is 8.19. The fraction of sp³-hybridized carbons (Fsp3) is 0.200. The van der Waals surface area contributed by atoms with Crippen LogP contribution in [0.5, 0.6) is 5.75 Å². The number of aryl methyl sites for hydroxylation is 1. The molecule has 3 aromatic rings. The van der Waals surface area contributed by atoms with Crippen molar-refractivity contribution in [1.82, 2.24) is 4.98 Å². The molecule has 1 atom stereocenters. The van der Waals surface area contributed by atoms with Crippen LogP contribution in [-0.4, -0.2) is 22.1 Å². The largest absolute Gasteiger partial charge is 0.496 e. The number of methoxy groups -OCH3 is 1. The number of hydrogen-bond donors (Lipinski definition) is 1. The average molecular weight is 483 g/mol. The normalized spacial score (nSPS) is 12.2. The Balaban J connectivity index is 2.21. The molecule has 1 aromatic heterocycles. The molecular weight excluding hydrogens is 466 g/mol. The Bertz CT molecular complexity index is 1190. The summed E-state index contributed by atoms with van der Waals surface area (Å²) in [7, 11) is -0.146.